The molecule has 0 atom stereocenters. The molecule has 0 aliphatic rings. The monoisotopic (exact) mass is 232 g/mol. The molecule has 0 fully saturated rings. The van der Waals surface area contributed by atoms with Crippen LogP contribution in [0, 0.1) is 5.92 Å². The molecule has 0 aromatic carbocycles. The zero-order chi connectivity index (χ0) is 12.3. The predicted octanol–water partition coefficient (Wildman–Crippen LogP) is 2.98. The molecule has 0 saturated heterocycles. The third-order valence-electron chi connectivity index (χ3n) is 2.75. The van der Waals surface area contributed by atoms with Crippen LogP contribution in [0.2, 0.25) is 0 Å². The minimum absolute atomic E-state index is 0.681. The standard InChI is InChI=1S/C13H20N4/c1-4-14-12-10-7-8-15-13(10)17-11(16-12)6-5-9(2)3/h7-9H,4-6H2,1-3H3,(H2,14,15,16,17). The molecule has 2 N–H and O–H groups in total. The van der Waals surface area contributed by atoms with Crippen molar-refractivity contribution in [2.75, 3.05) is 11.9 Å². The highest BCUT2D eigenvalue weighted by Gasteiger charge is 2.08. The number of hydrogen-bond acceptors (Lipinski definition) is 3. The lowest BCUT2D eigenvalue weighted by Crippen LogP contribution is -2.05. The molecule has 4 nitrogen and oxygen atoms in total. The Morgan fingerprint density at radius 1 is 1.35 bits per heavy atom. The van der Waals surface area contributed by atoms with Crippen LogP contribution in [-0.2, 0) is 6.42 Å². The highest BCUT2D eigenvalue weighted by atomic mass is 15.0. The summed E-state index contributed by atoms with van der Waals surface area (Å²) in [7, 11) is 0. The maximum Gasteiger partial charge on any atom is 0.143 e. The Hall–Kier alpha value is -1.58. The number of nitrogens with one attached hydrogen (secondary N) is 2. The minimum Gasteiger partial charge on any atom is -0.370 e. The number of aryl methyl sites for hydroxylation is 1. The Kier molecular flexibility index (Phi) is 3.61. The summed E-state index contributed by atoms with van der Waals surface area (Å²) in [5.74, 6) is 2.54. The maximum absolute atomic E-state index is 4.59. The number of nitrogens with zero attached hydrogens (tertiary/aromatic N) is 2. The zero-order valence-corrected chi connectivity index (χ0v) is 10.7. The van der Waals surface area contributed by atoms with Gasteiger partial charge in [0.25, 0.3) is 0 Å². The fourth-order valence-electron chi connectivity index (χ4n) is 1.82. The van der Waals surface area contributed by atoms with Crippen molar-refractivity contribution >= 4 is 16.9 Å². The molecule has 0 spiro atoms. The second-order valence-electron chi connectivity index (χ2n) is 4.69. The first-order valence-corrected chi connectivity index (χ1v) is 6.28. The summed E-state index contributed by atoms with van der Waals surface area (Å²) < 4.78 is 0. The van der Waals surface area contributed by atoms with Gasteiger partial charge in [-0.1, -0.05) is 13.8 Å². The van der Waals surface area contributed by atoms with Crippen LogP contribution < -0.4 is 5.32 Å². The average molecular weight is 232 g/mol. The topological polar surface area (TPSA) is 53.6 Å². The van der Waals surface area contributed by atoms with Crippen LogP contribution >= 0.6 is 0 Å². The highest BCUT2D eigenvalue weighted by Crippen LogP contribution is 2.19. The smallest absolute Gasteiger partial charge is 0.143 e. The Labute approximate surface area is 102 Å². The van der Waals surface area contributed by atoms with E-state index in [9.17, 15) is 0 Å². The molecule has 2 aromatic heterocycles. The average Bonchev–Trinajstić information content (AvgIpc) is 2.75. The van der Waals surface area contributed by atoms with E-state index < -0.39 is 0 Å². The Morgan fingerprint density at radius 2 is 2.18 bits per heavy atom. The van der Waals surface area contributed by atoms with Crippen molar-refractivity contribution in [3.05, 3.63) is 18.1 Å². The fraction of sp³-hybridized carbons (Fsp3) is 0.538. The molecule has 2 rings (SSSR count). The summed E-state index contributed by atoms with van der Waals surface area (Å²) in [6.45, 7) is 7.39. The Balaban J connectivity index is 2.30. The second-order valence-corrected chi connectivity index (χ2v) is 4.69. The van der Waals surface area contributed by atoms with Crippen molar-refractivity contribution in [2.24, 2.45) is 5.92 Å². The van der Waals surface area contributed by atoms with E-state index in [2.05, 4.69) is 41.0 Å². The summed E-state index contributed by atoms with van der Waals surface area (Å²) in [5, 5.41) is 4.36. The van der Waals surface area contributed by atoms with Crippen molar-refractivity contribution in [1.29, 1.82) is 0 Å². The number of rotatable bonds is 5. The normalized spacial score (nSPS) is 11.3. The Morgan fingerprint density at radius 3 is 2.88 bits per heavy atom. The predicted molar refractivity (Wildman–Crippen MR) is 71.2 cm³/mol. The van der Waals surface area contributed by atoms with Crippen LogP contribution in [0.5, 0.6) is 0 Å². The van der Waals surface area contributed by atoms with E-state index in [1.807, 2.05) is 12.3 Å². The van der Waals surface area contributed by atoms with Gasteiger partial charge < -0.3 is 10.3 Å². The van der Waals surface area contributed by atoms with Gasteiger partial charge in [-0.15, -0.1) is 0 Å². The molecule has 17 heavy (non-hydrogen) atoms. The highest BCUT2D eigenvalue weighted by molar-refractivity contribution is 5.86. The van der Waals surface area contributed by atoms with Crippen molar-refractivity contribution in [1.82, 2.24) is 15.0 Å². The van der Waals surface area contributed by atoms with Gasteiger partial charge in [-0.05, 0) is 25.3 Å². The third-order valence-corrected chi connectivity index (χ3v) is 2.75. The van der Waals surface area contributed by atoms with E-state index in [1.54, 1.807) is 0 Å². The molecule has 2 aromatic rings. The molecule has 0 aliphatic heterocycles. The van der Waals surface area contributed by atoms with Crippen molar-refractivity contribution in [3.63, 3.8) is 0 Å². The van der Waals surface area contributed by atoms with E-state index in [4.69, 9.17) is 0 Å². The molecular weight excluding hydrogens is 212 g/mol. The molecule has 0 saturated carbocycles. The summed E-state index contributed by atoms with van der Waals surface area (Å²) in [5.41, 5.74) is 0.926. The van der Waals surface area contributed by atoms with Crippen LogP contribution in [0.1, 0.15) is 33.0 Å². The van der Waals surface area contributed by atoms with Gasteiger partial charge in [-0.25, -0.2) is 9.97 Å². The molecule has 0 radical (unpaired) electrons. The lowest BCUT2D eigenvalue weighted by molar-refractivity contribution is 0.575. The molecule has 0 bridgehead atoms. The van der Waals surface area contributed by atoms with E-state index in [0.29, 0.717) is 5.92 Å². The SMILES string of the molecule is CCNc1nc(CCC(C)C)nc2[nH]ccc12. The van der Waals surface area contributed by atoms with Gasteiger partial charge >= 0.3 is 0 Å². The van der Waals surface area contributed by atoms with Crippen LogP contribution in [0.25, 0.3) is 11.0 Å². The van der Waals surface area contributed by atoms with Crippen LogP contribution in [-0.4, -0.2) is 21.5 Å². The van der Waals surface area contributed by atoms with Crippen molar-refractivity contribution in [2.45, 2.75) is 33.6 Å². The maximum atomic E-state index is 4.59. The molecule has 0 unspecified atom stereocenters. The van der Waals surface area contributed by atoms with Crippen molar-refractivity contribution in [3.8, 4) is 0 Å². The van der Waals surface area contributed by atoms with E-state index in [1.165, 1.54) is 0 Å². The van der Waals surface area contributed by atoms with Crippen LogP contribution in [0.3, 0.4) is 0 Å². The third kappa shape index (κ3) is 2.75. The summed E-state index contributed by atoms with van der Waals surface area (Å²) in [6, 6.07) is 2.01. The van der Waals surface area contributed by atoms with Gasteiger partial charge in [0.05, 0.1) is 5.39 Å². The lowest BCUT2D eigenvalue weighted by atomic mass is 10.1. The molecule has 0 amide bonds. The molecule has 92 valence electrons. The summed E-state index contributed by atoms with van der Waals surface area (Å²) in [6.07, 6.45) is 3.97. The second kappa shape index (κ2) is 5.17. The van der Waals surface area contributed by atoms with Gasteiger partial charge in [0.1, 0.15) is 17.3 Å². The summed E-state index contributed by atoms with van der Waals surface area (Å²) >= 11 is 0. The number of hydrogen-bond donors (Lipinski definition) is 2. The van der Waals surface area contributed by atoms with Crippen molar-refractivity contribution < 1.29 is 0 Å². The molecule has 0 aliphatic carbocycles. The lowest BCUT2D eigenvalue weighted by Gasteiger charge is -2.08. The van der Waals surface area contributed by atoms with Gasteiger partial charge in [0.15, 0.2) is 0 Å². The fourth-order valence-corrected chi connectivity index (χ4v) is 1.82. The number of aromatic nitrogens is 3. The van der Waals surface area contributed by atoms with Gasteiger partial charge in [0.2, 0.25) is 0 Å². The summed E-state index contributed by atoms with van der Waals surface area (Å²) in [4.78, 5) is 12.3. The van der Waals surface area contributed by atoms with Gasteiger partial charge in [0, 0.05) is 19.2 Å². The largest absolute Gasteiger partial charge is 0.370 e. The zero-order valence-electron chi connectivity index (χ0n) is 10.7. The molecule has 4 heteroatoms. The van der Waals surface area contributed by atoms with Gasteiger partial charge in [-0.3, -0.25) is 0 Å². The number of fused-ring (bicyclic) bond motifs is 1. The van der Waals surface area contributed by atoms with E-state index >= 15 is 0 Å². The quantitative estimate of drug-likeness (QED) is 0.833. The number of aromatic amines is 1. The first-order valence-electron chi connectivity index (χ1n) is 6.28. The first-order chi connectivity index (χ1) is 8.20. The van der Waals surface area contributed by atoms with Crippen LogP contribution in [0.15, 0.2) is 12.3 Å². The molecular formula is C13H20N4. The van der Waals surface area contributed by atoms with Gasteiger partial charge in [-0.2, -0.15) is 0 Å². The first kappa shape index (κ1) is 11.9. The number of anilines is 1. The van der Waals surface area contributed by atoms with E-state index in [0.717, 1.165) is 42.1 Å². The molecule has 2 heterocycles. The van der Waals surface area contributed by atoms with E-state index in [-0.39, 0.29) is 0 Å². The van der Waals surface area contributed by atoms with Crippen LogP contribution in [0.4, 0.5) is 5.82 Å². The Bertz CT molecular complexity index is 487. The minimum atomic E-state index is 0.681. The number of H-pyrrole nitrogens is 1.